The lowest BCUT2D eigenvalue weighted by Gasteiger charge is -2.30. The summed E-state index contributed by atoms with van der Waals surface area (Å²) in [5, 5.41) is 0. The highest BCUT2D eigenvalue weighted by molar-refractivity contribution is 9.10. The van der Waals surface area contributed by atoms with Crippen LogP contribution in [0, 0.1) is 11.2 Å². The van der Waals surface area contributed by atoms with E-state index in [-0.39, 0.29) is 16.1 Å². The summed E-state index contributed by atoms with van der Waals surface area (Å²) in [4.78, 5) is 0.117. The lowest BCUT2D eigenvalue weighted by atomic mass is 9.83. The van der Waals surface area contributed by atoms with Crippen molar-refractivity contribution in [2.45, 2.75) is 32.0 Å². The van der Waals surface area contributed by atoms with Gasteiger partial charge in [0.05, 0.1) is 11.6 Å². The van der Waals surface area contributed by atoms with Gasteiger partial charge in [-0.3, -0.25) is 0 Å². The second kappa shape index (κ2) is 5.70. The predicted molar refractivity (Wildman–Crippen MR) is 76.4 cm³/mol. The summed E-state index contributed by atoms with van der Waals surface area (Å²) < 4.78 is 19.2. The monoisotopic (exact) mass is 366 g/mol. The zero-order valence-electron chi connectivity index (χ0n) is 10.5. The van der Waals surface area contributed by atoms with Gasteiger partial charge in [-0.25, -0.2) is 4.39 Å². The van der Waals surface area contributed by atoms with Crippen LogP contribution >= 0.6 is 31.9 Å². The first-order valence-corrected chi connectivity index (χ1v) is 7.21. The fraction of sp³-hybridized carbons (Fsp3) is 0.538. The van der Waals surface area contributed by atoms with E-state index in [0.717, 1.165) is 12.0 Å². The Bertz CT molecular complexity index is 405. The van der Waals surface area contributed by atoms with Crippen LogP contribution in [0.1, 0.15) is 37.6 Å². The van der Waals surface area contributed by atoms with Crippen LogP contribution in [0.3, 0.4) is 0 Å². The van der Waals surface area contributed by atoms with E-state index in [1.54, 1.807) is 13.2 Å². The fourth-order valence-corrected chi connectivity index (χ4v) is 2.56. The van der Waals surface area contributed by atoms with E-state index in [1.807, 2.05) is 0 Å². The molecule has 96 valence electrons. The lowest BCUT2D eigenvalue weighted by Crippen LogP contribution is -2.17. The Hall–Kier alpha value is -0.0900. The van der Waals surface area contributed by atoms with Gasteiger partial charge >= 0.3 is 0 Å². The molecule has 1 rings (SSSR count). The van der Waals surface area contributed by atoms with Gasteiger partial charge in [0.25, 0.3) is 0 Å². The van der Waals surface area contributed by atoms with Crippen molar-refractivity contribution in [3.63, 3.8) is 0 Å². The Labute approximate surface area is 119 Å². The Morgan fingerprint density at radius 1 is 1.41 bits per heavy atom. The topological polar surface area (TPSA) is 9.23 Å². The quantitative estimate of drug-likeness (QED) is 0.641. The van der Waals surface area contributed by atoms with Crippen LogP contribution in [0.5, 0.6) is 5.75 Å². The molecular formula is C13H17Br2FO. The van der Waals surface area contributed by atoms with Gasteiger partial charge in [-0.15, -0.1) is 0 Å². The fourth-order valence-electron chi connectivity index (χ4n) is 1.52. The maximum Gasteiger partial charge on any atom is 0.141 e. The summed E-state index contributed by atoms with van der Waals surface area (Å²) in [5.74, 6) is 0.272. The van der Waals surface area contributed by atoms with Crippen molar-refractivity contribution in [2.24, 2.45) is 5.41 Å². The third-order valence-electron chi connectivity index (χ3n) is 3.14. The normalized spacial score (nSPS) is 13.6. The van der Waals surface area contributed by atoms with Crippen LogP contribution in [0.15, 0.2) is 16.6 Å². The molecule has 1 nitrogen and oxygen atoms in total. The number of methoxy groups -OCH3 is 1. The second-order valence-corrected chi connectivity index (χ2v) is 6.48. The summed E-state index contributed by atoms with van der Waals surface area (Å²) >= 11 is 6.91. The Kier molecular flexibility index (Phi) is 5.02. The molecule has 1 unspecified atom stereocenters. The summed E-state index contributed by atoms with van der Waals surface area (Å²) in [6, 6.07) is 3.20. The minimum Gasteiger partial charge on any atom is -0.496 e. The minimum absolute atomic E-state index is 0.0740. The summed E-state index contributed by atoms with van der Waals surface area (Å²) in [7, 11) is 1.56. The van der Waals surface area contributed by atoms with E-state index in [0.29, 0.717) is 10.2 Å². The van der Waals surface area contributed by atoms with E-state index in [2.05, 4.69) is 52.6 Å². The standard InChI is InChI=1S/C13H17Br2FO/c1-5-13(2,3)12(15)8-6-9(14)10(16)7-11(8)17-4/h6-7,12H,5H2,1-4H3. The summed E-state index contributed by atoms with van der Waals surface area (Å²) in [6.07, 6.45) is 1.01. The molecule has 0 aliphatic heterocycles. The number of hydrogen-bond donors (Lipinski definition) is 0. The highest BCUT2D eigenvalue weighted by Crippen LogP contribution is 2.46. The molecule has 1 aromatic rings. The number of ether oxygens (including phenoxy) is 1. The average Bonchev–Trinajstić information content (AvgIpc) is 2.31. The van der Waals surface area contributed by atoms with Crippen LogP contribution in [0.2, 0.25) is 0 Å². The van der Waals surface area contributed by atoms with Crippen LogP contribution in [0.4, 0.5) is 4.39 Å². The van der Waals surface area contributed by atoms with Crippen molar-refractivity contribution in [3.8, 4) is 5.75 Å². The molecule has 1 aromatic carbocycles. The zero-order chi connectivity index (χ0) is 13.2. The molecule has 0 saturated heterocycles. The Balaban J connectivity index is 3.25. The van der Waals surface area contributed by atoms with Crippen LogP contribution in [0.25, 0.3) is 0 Å². The zero-order valence-corrected chi connectivity index (χ0v) is 13.7. The van der Waals surface area contributed by atoms with Crippen LogP contribution < -0.4 is 4.74 Å². The maximum atomic E-state index is 13.4. The molecule has 0 amide bonds. The molecule has 4 heteroatoms. The lowest BCUT2D eigenvalue weighted by molar-refractivity contribution is 0.334. The van der Waals surface area contributed by atoms with Gasteiger partial charge in [-0.1, -0.05) is 36.7 Å². The van der Waals surface area contributed by atoms with Gasteiger partial charge in [0.1, 0.15) is 11.6 Å². The molecule has 0 fully saturated rings. The Morgan fingerprint density at radius 2 is 2.00 bits per heavy atom. The van der Waals surface area contributed by atoms with E-state index < -0.39 is 0 Å². The number of alkyl halides is 1. The Morgan fingerprint density at radius 3 is 2.47 bits per heavy atom. The third-order valence-corrected chi connectivity index (χ3v) is 5.48. The maximum absolute atomic E-state index is 13.4. The molecule has 17 heavy (non-hydrogen) atoms. The largest absolute Gasteiger partial charge is 0.496 e. The van der Waals surface area contributed by atoms with Crippen LogP contribution in [-0.2, 0) is 0 Å². The highest BCUT2D eigenvalue weighted by atomic mass is 79.9. The number of rotatable bonds is 4. The van der Waals surface area contributed by atoms with E-state index in [4.69, 9.17) is 4.74 Å². The number of halogens is 3. The van der Waals surface area contributed by atoms with Gasteiger partial charge in [-0.2, -0.15) is 0 Å². The van der Waals surface area contributed by atoms with Crippen molar-refractivity contribution in [2.75, 3.05) is 7.11 Å². The predicted octanol–water partition coefficient (Wildman–Crippen LogP) is 5.47. The second-order valence-electron chi connectivity index (χ2n) is 4.71. The molecule has 0 saturated carbocycles. The van der Waals surface area contributed by atoms with Crippen molar-refractivity contribution in [3.05, 3.63) is 28.0 Å². The minimum atomic E-state index is -0.306. The molecule has 0 bridgehead atoms. The van der Waals surface area contributed by atoms with Crippen molar-refractivity contribution < 1.29 is 9.13 Å². The average molecular weight is 368 g/mol. The van der Waals surface area contributed by atoms with Crippen molar-refractivity contribution in [1.82, 2.24) is 0 Å². The van der Waals surface area contributed by atoms with Gasteiger partial charge in [0.15, 0.2) is 0 Å². The molecular weight excluding hydrogens is 351 g/mol. The van der Waals surface area contributed by atoms with Gasteiger partial charge in [0.2, 0.25) is 0 Å². The van der Waals surface area contributed by atoms with Crippen molar-refractivity contribution in [1.29, 1.82) is 0 Å². The van der Waals surface area contributed by atoms with E-state index >= 15 is 0 Å². The summed E-state index contributed by atoms with van der Waals surface area (Å²) in [5.41, 5.74) is 1.04. The van der Waals surface area contributed by atoms with Crippen LogP contribution in [-0.4, -0.2) is 7.11 Å². The first-order valence-electron chi connectivity index (χ1n) is 5.50. The van der Waals surface area contributed by atoms with E-state index in [1.165, 1.54) is 6.07 Å². The van der Waals surface area contributed by atoms with Gasteiger partial charge in [-0.05, 0) is 33.8 Å². The molecule has 0 heterocycles. The molecule has 0 spiro atoms. The smallest absolute Gasteiger partial charge is 0.141 e. The number of hydrogen-bond acceptors (Lipinski definition) is 1. The number of benzene rings is 1. The first-order chi connectivity index (χ1) is 7.83. The molecule has 0 radical (unpaired) electrons. The molecule has 0 aromatic heterocycles. The highest BCUT2D eigenvalue weighted by Gasteiger charge is 2.29. The van der Waals surface area contributed by atoms with Crippen molar-refractivity contribution >= 4 is 31.9 Å². The molecule has 0 aliphatic carbocycles. The molecule has 1 atom stereocenters. The van der Waals surface area contributed by atoms with Gasteiger partial charge in [0, 0.05) is 16.5 Å². The SMILES string of the molecule is CCC(C)(C)C(Br)c1cc(Br)c(F)cc1OC. The molecule has 0 N–H and O–H groups in total. The molecule has 0 aliphatic rings. The van der Waals surface area contributed by atoms with E-state index in [9.17, 15) is 4.39 Å². The third kappa shape index (κ3) is 3.22. The first kappa shape index (κ1) is 15.0. The van der Waals surface area contributed by atoms with Gasteiger partial charge < -0.3 is 4.74 Å². The summed E-state index contributed by atoms with van der Waals surface area (Å²) in [6.45, 7) is 6.48.